The van der Waals surface area contributed by atoms with Gasteiger partial charge in [0, 0.05) is 17.5 Å². The lowest BCUT2D eigenvalue weighted by Gasteiger charge is -2.09. The molecule has 1 aromatic rings. The number of rotatable bonds is 5. The maximum atomic E-state index is 8.96. The monoisotopic (exact) mass is 292 g/mol. The zero-order valence-corrected chi connectivity index (χ0v) is 11.7. The number of aliphatic hydroxyl groups excluding tert-OH is 1. The Hall–Kier alpha value is -0.0000000000000000763. The number of aryl methyl sites for hydroxylation is 2. The van der Waals surface area contributed by atoms with Crippen molar-refractivity contribution in [3.8, 4) is 0 Å². The molecule has 1 aromatic heterocycles. The van der Waals surface area contributed by atoms with E-state index in [4.69, 9.17) is 5.11 Å². The summed E-state index contributed by atoms with van der Waals surface area (Å²) < 4.78 is 3.11. The van der Waals surface area contributed by atoms with Gasteiger partial charge in [-0.25, -0.2) is 0 Å². The summed E-state index contributed by atoms with van der Waals surface area (Å²) in [6.45, 7) is 7.22. The third kappa shape index (κ3) is 3.23. The van der Waals surface area contributed by atoms with Crippen LogP contribution < -0.4 is 0 Å². The van der Waals surface area contributed by atoms with E-state index in [1.807, 2.05) is 18.5 Å². The predicted octanol–water partition coefficient (Wildman–Crippen LogP) is 2.59. The highest BCUT2D eigenvalue weighted by molar-refractivity contribution is 9.10. The quantitative estimate of drug-likeness (QED) is 0.907. The number of thioether (sulfide) groups is 1. The summed E-state index contributed by atoms with van der Waals surface area (Å²) in [6, 6.07) is 0. The maximum absolute atomic E-state index is 8.96. The van der Waals surface area contributed by atoms with Crippen LogP contribution in [0.2, 0.25) is 0 Å². The molecule has 0 saturated carbocycles. The van der Waals surface area contributed by atoms with Gasteiger partial charge in [-0.05, 0) is 29.8 Å². The summed E-state index contributed by atoms with van der Waals surface area (Å²) in [7, 11) is 0. The van der Waals surface area contributed by atoms with Crippen molar-refractivity contribution in [2.75, 3.05) is 6.61 Å². The summed E-state index contributed by atoms with van der Waals surface area (Å²) in [5, 5.41) is 13.7. The first-order valence-corrected chi connectivity index (χ1v) is 6.88. The van der Waals surface area contributed by atoms with Crippen molar-refractivity contribution in [3.63, 3.8) is 0 Å². The number of nitrogens with zero attached hydrogens (tertiary/aromatic N) is 2. The summed E-state index contributed by atoms with van der Waals surface area (Å²) in [5.74, 6) is 0.886. The SMILES string of the molecule is CCn1nc(C)c(Br)c1CSC(C)CO. The van der Waals surface area contributed by atoms with Gasteiger partial charge in [0.25, 0.3) is 0 Å². The van der Waals surface area contributed by atoms with E-state index in [2.05, 4.69) is 28.0 Å². The van der Waals surface area contributed by atoms with Crippen molar-refractivity contribution in [2.45, 2.75) is 38.3 Å². The van der Waals surface area contributed by atoms with Crippen LogP contribution in [0.25, 0.3) is 0 Å². The van der Waals surface area contributed by atoms with Crippen LogP contribution in [0, 0.1) is 6.92 Å². The van der Waals surface area contributed by atoms with Crippen LogP contribution in [-0.2, 0) is 12.3 Å². The van der Waals surface area contributed by atoms with Crippen LogP contribution in [0.5, 0.6) is 0 Å². The van der Waals surface area contributed by atoms with Crippen molar-refractivity contribution in [2.24, 2.45) is 0 Å². The lowest BCUT2D eigenvalue weighted by Crippen LogP contribution is -2.06. The van der Waals surface area contributed by atoms with E-state index >= 15 is 0 Å². The fourth-order valence-electron chi connectivity index (χ4n) is 1.28. The van der Waals surface area contributed by atoms with Gasteiger partial charge in [-0.3, -0.25) is 4.68 Å². The maximum Gasteiger partial charge on any atom is 0.0739 e. The van der Waals surface area contributed by atoms with Crippen molar-refractivity contribution < 1.29 is 5.11 Å². The molecule has 0 aliphatic heterocycles. The molecule has 3 nitrogen and oxygen atoms in total. The predicted molar refractivity (Wildman–Crippen MR) is 68.2 cm³/mol. The molecule has 1 rings (SSSR count). The molecule has 1 unspecified atom stereocenters. The molecule has 0 bridgehead atoms. The van der Waals surface area contributed by atoms with Gasteiger partial charge in [0.1, 0.15) is 0 Å². The second-order valence-corrected chi connectivity index (χ2v) is 5.69. The zero-order valence-electron chi connectivity index (χ0n) is 9.33. The van der Waals surface area contributed by atoms with E-state index < -0.39 is 0 Å². The average molecular weight is 293 g/mol. The van der Waals surface area contributed by atoms with Crippen molar-refractivity contribution >= 4 is 27.7 Å². The molecule has 0 spiro atoms. The number of aliphatic hydroxyl groups is 1. The van der Waals surface area contributed by atoms with Crippen LogP contribution in [0.4, 0.5) is 0 Å². The van der Waals surface area contributed by atoms with E-state index in [0.29, 0.717) is 0 Å². The second-order valence-electron chi connectivity index (χ2n) is 3.47. The highest BCUT2D eigenvalue weighted by Crippen LogP contribution is 2.26. The Labute approximate surface area is 103 Å². The van der Waals surface area contributed by atoms with Crippen LogP contribution in [0.15, 0.2) is 4.47 Å². The van der Waals surface area contributed by atoms with Crippen molar-refractivity contribution in [1.82, 2.24) is 9.78 Å². The van der Waals surface area contributed by atoms with Crippen LogP contribution in [0.3, 0.4) is 0 Å². The minimum Gasteiger partial charge on any atom is -0.395 e. The Bertz CT molecular complexity index is 327. The van der Waals surface area contributed by atoms with Crippen LogP contribution in [-0.4, -0.2) is 26.7 Å². The summed E-state index contributed by atoms with van der Waals surface area (Å²) in [4.78, 5) is 0. The number of halogens is 1. The Morgan fingerprint density at radius 2 is 2.27 bits per heavy atom. The van der Waals surface area contributed by atoms with Gasteiger partial charge in [-0.2, -0.15) is 16.9 Å². The molecule has 1 atom stereocenters. The van der Waals surface area contributed by atoms with E-state index in [0.717, 1.165) is 22.5 Å². The molecule has 86 valence electrons. The Kier molecular flexibility index (Phi) is 5.15. The first kappa shape index (κ1) is 13.1. The lowest BCUT2D eigenvalue weighted by molar-refractivity contribution is 0.300. The molecule has 0 aliphatic carbocycles. The molecule has 0 radical (unpaired) electrons. The van der Waals surface area contributed by atoms with Gasteiger partial charge in [0.2, 0.25) is 0 Å². The summed E-state index contributed by atoms with van der Waals surface area (Å²) in [6.07, 6.45) is 0. The molecular weight excluding hydrogens is 276 g/mol. The molecule has 0 saturated heterocycles. The number of hydrogen-bond donors (Lipinski definition) is 1. The van der Waals surface area contributed by atoms with E-state index in [1.54, 1.807) is 11.8 Å². The molecular formula is C10H17BrN2OS. The molecule has 1 N–H and O–H groups in total. The first-order valence-electron chi connectivity index (χ1n) is 5.04. The minimum atomic E-state index is 0.224. The molecule has 0 amide bonds. The molecule has 15 heavy (non-hydrogen) atoms. The summed E-state index contributed by atoms with van der Waals surface area (Å²) >= 11 is 5.30. The van der Waals surface area contributed by atoms with Gasteiger partial charge in [-0.15, -0.1) is 0 Å². The first-order chi connectivity index (χ1) is 7.10. The molecule has 1 heterocycles. The fourth-order valence-corrected chi connectivity index (χ4v) is 2.73. The van der Waals surface area contributed by atoms with Crippen molar-refractivity contribution in [1.29, 1.82) is 0 Å². The molecule has 5 heteroatoms. The van der Waals surface area contributed by atoms with Gasteiger partial charge >= 0.3 is 0 Å². The van der Waals surface area contributed by atoms with Gasteiger partial charge in [0.05, 0.1) is 22.5 Å². The van der Waals surface area contributed by atoms with Gasteiger partial charge in [0.15, 0.2) is 0 Å². The number of aromatic nitrogens is 2. The second kappa shape index (κ2) is 5.92. The normalized spacial score (nSPS) is 13.1. The average Bonchev–Trinajstić information content (AvgIpc) is 2.52. The van der Waals surface area contributed by atoms with E-state index in [-0.39, 0.29) is 11.9 Å². The molecule has 0 aliphatic rings. The highest BCUT2D eigenvalue weighted by atomic mass is 79.9. The Morgan fingerprint density at radius 3 is 2.80 bits per heavy atom. The summed E-state index contributed by atoms with van der Waals surface area (Å²) in [5.41, 5.74) is 2.24. The Morgan fingerprint density at radius 1 is 1.60 bits per heavy atom. The topological polar surface area (TPSA) is 38.0 Å². The lowest BCUT2D eigenvalue weighted by atomic mass is 10.4. The smallest absolute Gasteiger partial charge is 0.0739 e. The largest absolute Gasteiger partial charge is 0.395 e. The molecule has 0 aromatic carbocycles. The number of hydrogen-bond acceptors (Lipinski definition) is 3. The van der Waals surface area contributed by atoms with Gasteiger partial charge < -0.3 is 5.11 Å². The van der Waals surface area contributed by atoms with E-state index in [1.165, 1.54) is 5.69 Å². The van der Waals surface area contributed by atoms with Crippen molar-refractivity contribution in [3.05, 3.63) is 15.9 Å². The van der Waals surface area contributed by atoms with E-state index in [9.17, 15) is 0 Å². The molecule has 0 fully saturated rings. The Balaban J connectivity index is 2.74. The zero-order chi connectivity index (χ0) is 11.4. The highest BCUT2D eigenvalue weighted by Gasteiger charge is 2.13. The van der Waals surface area contributed by atoms with Crippen LogP contribution in [0.1, 0.15) is 25.2 Å². The third-order valence-corrected chi connectivity index (χ3v) is 4.40. The fraction of sp³-hybridized carbons (Fsp3) is 0.700. The van der Waals surface area contributed by atoms with Gasteiger partial charge in [-0.1, -0.05) is 6.92 Å². The van der Waals surface area contributed by atoms with Crippen LogP contribution >= 0.6 is 27.7 Å². The standard InChI is InChI=1S/C10H17BrN2OS/c1-4-13-9(6-15-7(2)5-14)10(11)8(3)12-13/h7,14H,4-6H2,1-3H3. The third-order valence-electron chi connectivity index (χ3n) is 2.21. The minimum absolute atomic E-state index is 0.224.